The molecule has 2 fully saturated rings. The molecule has 0 radical (unpaired) electrons. The average Bonchev–Trinajstić information content (AvgIpc) is 2.47. The van der Waals surface area contributed by atoms with E-state index in [1.165, 1.54) is 0 Å². The number of carbonyl (C=O) groups is 2. The van der Waals surface area contributed by atoms with Crippen LogP contribution in [-0.4, -0.2) is 23.6 Å². The van der Waals surface area contributed by atoms with Gasteiger partial charge in [0.1, 0.15) is 11.7 Å². The number of carbonyl (C=O) groups excluding carboxylic acids is 2. The van der Waals surface area contributed by atoms with E-state index in [1.54, 1.807) is 0 Å². The topological polar surface area (TPSA) is 52.6 Å². The quantitative estimate of drug-likeness (QED) is 0.708. The molecule has 1 heterocycles. The first-order chi connectivity index (χ1) is 7.96. The summed E-state index contributed by atoms with van der Waals surface area (Å²) < 4.78 is 10.9. The van der Waals surface area contributed by atoms with Gasteiger partial charge in [0.05, 0.1) is 5.92 Å². The lowest BCUT2D eigenvalue weighted by Gasteiger charge is -2.38. The summed E-state index contributed by atoms with van der Waals surface area (Å²) in [5, 5.41) is 0. The van der Waals surface area contributed by atoms with Crippen LogP contribution in [0.15, 0.2) is 0 Å². The highest BCUT2D eigenvalue weighted by Gasteiger charge is 2.56. The summed E-state index contributed by atoms with van der Waals surface area (Å²) in [4.78, 5) is 23.2. The van der Waals surface area contributed by atoms with Gasteiger partial charge >= 0.3 is 11.9 Å². The van der Waals surface area contributed by atoms with Gasteiger partial charge in [-0.25, -0.2) is 0 Å². The lowest BCUT2D eigenvalue weighted by atomic mass is 9.74. The second kappa shape index (κ2) is 4.31. The van der Waals surface area contributed by atoms with Crippen molar-refractivity contribution in [3.8, 4) is 0 Å². The Balaban J connectivity index is 2.10. The maximum absolute atomic E-state index is 11.6. The zero-order chi connectivity index (χ0) is 12.6. The minimum Gasteiger partial charge on any atom is -0.458 e. The van der Waals surface area contributed by atoms with Crippen molar-refractivity contribution < 1.29 is 19.1 Å². The van der Waals surface area contributed by atoms with Crippen molar-refractivity contribution in [3.05, 3.63) is 0 Å². The second-order valence-corrected chi connectivity index (χ2v) is 5.51. The summed E-state index contributed by atoms with van der Waals surface area (Å²) in [6.45, 7) is 5.85. The van der Waals surface area contributed by atoms with E-state index in [4.69, 9.17) is 9.47 Å². The normalized spacial score (nSPS) is 39.9. The Morgan fingerprint density at radius 2 is 2.29 bits per heavy atom. The second-order valence-electron chi connectivity index (χ2n) is 5.51. The fourth-order valence-corrected chi connectivity index (χ4v) is 3.10. The molecule has 0 amide bonds. The van der Waals surface area contributed by atoms with E-state index in [1.807, 2.05) is 20.8 Å². The Bertz CT molecular complexity index is 338. The largest absolute Gasteiger partial charge is 0.458 e. The van der Waals surface area contributed by atoms with Gasteiger partial charge < -0.3 is 9.47 Å². The van der Waals surface area contributed by atoms with Crippen LogP contribution in [0, 0.1) is 11.8 Å². The Labute approximate surface area is 102 Å². The van der Waals surface area contributed by atoms with E-state index < -0.39 is 5.60 Å². The molecule has 4 heteroatoms. The lowest BCUT2D eigenvalue weighted by Crippen LogP contribution is -2.48. The molecule has 1 aliphatic carbocycles. The minimum atomic E-state index is -0.608. The molecule has 4 atom stereocenters. The summed E-state index contributed by atoms with van der Waals surface area (Å²) in [5.74, 6) is -0.137. The van der Waals surface area contributed by atoms with Crippen molar-refractivity contribution in [2.24, 2.45) is 11.8 Å². The predicted molar refractivity (Wildman–Crippen MR) is 61.2 cm³/mol. The maximum atomic E-state index is 11.6. The van der Waals surface area contributed by atoms with E-state index in [2.05, 4.69) is 0 Å². The van der Waals surface area contributed by atoms with Gasteiger partial charge in [0.25, 0.3) is 0 Å². The summed E-state index contributed by atoms with van der Waals surface area (Å²) in [7, 11) is 0. The van der Waals surface area contributed by atoms with Crippen molar-refractivity contribution in [1.29, 1.82) is 0 Å². The van der Waals surface area contributed by atoms with Gasteiger partial charge in [-0.1, -0.05) is 13.8 Å². The van der Waals surface area contributed by atoms with Gasteiger partial charge in [0.2, 0.25) is 0 Å². The van der Waals surface area contributed by atoms with Crippen LogP contribution in [0.2, 0.25) is 0 Å². The molecule has 0 aromatic heterocycles. The molecule has 4 nitrogen and oxygen atoms in total. The fraction of sp³-hybridized carbons (Fsp3) is 0.846. The first-order valence-corrected chi connectivity index (χ1v) is 6.38. The Hall–Kier alpha value is -1.06. The van der Waals surface area contributed by atoms with Crippen LogP contribution in [0.3, 0.4) is 0 Å². The van der Waals surface area contributed by atoms with Gasteiger partial charge in [-0.05, 0) is 25.7 Å². The van der Waals surface area contributed by atoms with Crippen LogP contribution >= 0.6 is 0 Å². The molecule has 96 valence electrons. The molecule has 2 bridgehead atoms. The smallest absolute Gasteiger partial charge is 0.309 e. The first kappa shape index (κ1) is 12.4. The molecule has 1 saturated heterocycles. The van der Waals surface area contributed by atoms with Gasteiger partial charge in [-0.3, -0.25) is 9.59 Å². The van der Waals surface area contributed by atoms with Crippen molar-refractivity contribution in [2.75, 3.05) is 0 Å². The molecule has 17 heavy (non-hydrogen) atoms. The summed E-state index contributed by atoms with van der Waals surface area (Å²) in [6, 6.07) is 0. The number of hydrogen-bond acceptors (Lipinski definition) is 4. The monoisotopic (exact) mass is 240 g/mol. The Morgan fingerprint density at radius 1 is 1.59 bits per heavy atom. The number of esters is 2. The van der Waals surface area contributed by atoms with Crippen LogP contribution in [0.4, 0.5) is 0 Å². The van der Waals surface area contributed by atoms with E-state index in [0.717, 1.165) is 12.8 Å². The van der Waals surface area contributed by atoms with Gasteiger partial charge in [-0.2, -0.15) is 0 Å². The number of hydrogen-bond donors (Lipinski definition) is 0. The standard InChI is InChI=1S/C13H20O4/c1-4-5-10(14)16-11-8(2)6-9-7-13(11,3)17-12(9)15/h8-9,11H,4-7H2,1-3H3. The first-order valence-electron chi connectivity index (χ1n) is 6.38. The van der Waals surface area contributed by atoms with E-state index in [9.17, 15) is 9.59 Å². The summed E-state index contributed by atoms with van der Waals surface area (Å²) >= 11 is 0. The van der Waals surface area contributed by atoms with Gasteiger partial charge in [0.15, 0.2) is 0 Å². The average molecular weight is 240 g/mol. The van der Waals surface area contributed by atoms with E-state index in [0.29, 0.717) is 12.8 Å². The van der Waals surface area contributed by atoms with Gasteiger partial charge in [0, 0.05) is 12.8 Å². The van der Waals surface area contributed by atoms with Crippen molar-refractivity contribution in [1.82, 2.24) is 0 Å². The van der Waals surface area contributed by atoms with Crippen LogP contribution in [0.25, 0.3) is 0 Å². The molecule has 0 N–H and O–H groups in total. The zero-order valence-corrected chi connectivity index (χ0v) is 10.7. The SMILES string of the molecule is CCCC(=O)OC1C(C)CC2CC1(C)OC2=O. The molecular formula is C13H20O4. The van der Waals surface area contributed by atoms with Crippen molar-refractivity contribution in [3.63, 3.8) is 0 Å². The van der Waals surface area contributed by atoms with Gasteiger partial charge in [-0.15, -0.1) is 0 Å². The highest BCUT2D eigenvalue weighted by atomic mass is 16.6. The Kier molecular flexibility index (Phi) is 3.15. The summed E-state index contributed by atoms with van der Waals surface area (Å²) in [5.41, 5.74) is -0.608. The highest BCUT2D eigenvalue weighted by molar-refractivity contribution is 5.76. The Morgan fingerprint density at radius 3 is 2.94 bits per heavy atom. The van der Waals surface area contributed by atoms with Crippen molar-refractivity contribution in [2.45, 2.75) is 58.2 Å². The van der Waals surface area contributed by atoms with Crippen LogP contribution in [0.1, 0.15) is 46.5 Å². The molecule has 1 aliphatic heterocycles. The molecular weight excluding hydrogens is 220 g/mol. The molecule has 1 saturated carbocycles. The molecule has 0 spiro atoms. The lowest BCUT2D eigenvalue weighted by molar-refractivity contribution is -0.178. The third-order valence-electron chi connectivity index (χ3n) is 3.81. The maximum Gasteiger partial charge on any atom is 0.309 e. The third kappa shape index (κ3) is 2.17. The van der Waals surface area contributed by atoms with E-state index in [-0.39, 0.29) is 29.9 Å². The third-order valence-corrected chi connectivity index (χ3v) is 3.81. The highest BCUT2D eigenvalue weighted by Crippen LogP contribution is 2.46. The van der Waals surface area contributed by atoms with Crippen LogP contribution in [-0.2, 0) is 19.1 Å². The fourth-order valence-electron chi connectivity index (χ4n) is 3.10. The molecule has 2 rings (SSSR count). The molecule has 2 aliphatic rings. The van der Waals surface area contributed by atoms with Crippen LogP contribution in [0.5, 0.6) is 0 Å². The van der Waals surface area contributed by atoms with Crippen molar-refractivity contribution >= 4 is 11.9 Å². The molecule has 4 unspecified atom stereocenters. The molecule has 0 aromatic rings. The number of ether oxygens (including phenoxy) is 2. The minimum absolute atomic E-state index is 0.00359. The molecule has 0 aromatic carbocycles. The number of rotatable bonds is 3. The summed E-state index contributed by atoms with van der Waals surface area (Å²) in [6.07, 6.45) is 2.36. The predicted octanol–water partition coefficient (Wildman–Crippen LogP) is 2.06. The van der Waals surface area contributed by atoms with Crippen LogP contribution < -0.4 is 0 Å². The zero-order valence-electron chi connectivity index (χ0n) is 10.7. The number of fused-ring (bicyclic) bond motifs is 2. The van der Waals surface area contributed by atoms with E-state index >= 15 is 0 Å².